The lowest BCUT2D eigenvalue weighted by atomic mass is 10.1. The van der Waals surface area contributed by atoms with Crippen molar-refractivity contribution in [3.05, 3.63) is 41.5 Å². The number of benzene rings is 1. The summed E-state index contributed by atoms with van der Waals surface area (Å²) in [5.41, 5.74) is 4.76. The maximum absolute atomic E-state index is 11.7. The molecule has 0 spiro atoms. The Balaban J connectivity index is 2.06. The van der Waals surface area contributed by atoms with Crippen LogP contribution in [0.3, 0.4) is 0 Å². The first-order valence-electron chi connectivity index (χ1n) is 9.77. The highest BCUT2D eigenvalue weighted by atomic mass is 16.2. The second-order valence-electron chi connectivity index (χ2n) is 6.67. The van der Waals surface area contributed by atoms with Gasteiger partial charge in [-0.25, -0.2) is 5.43 Å². The third-order valence-corrected chi connectivity index (χ3v) is 4.16. The van der Waals surface area contributed by atoms with Crippen molar-refractivity contribution in [3.8, 4) is 0 Å². The molecule has 0 aliphatic rings. The zero-order valence-corrected chi connectivity index (χ0v) is 16.0. The van der Waals surface area contributed by atoms with Crippen LogP contribution in [0.4, 0.5) is 0 Å². The Labute approximate surface area is 153 Å². The van der Waals surface area contributed by atoms with E-state index in [2.05, 4.69) is 17.5 Å². The number of unbranched alkanes of at least 4 members (excludes halogenated alkanes) is 8. The summed E-state index contributed by atoms with van der Waals surface area (Å²) in [5, 5.41) is 4.03. The van der Waals surface area contributed by atoms with Crippen molar-refractivity contribution >= 4 is 18.2 Å². The molecule has 0 heterocycles. The number of hydrogen-bond acceptors (Lipinski definition) is 2. The molecule has 0 bridgehead atoms. The average Bonchev–Trinajstić information content (AvgIpc) is 2.61. The zero-order chi connectivity index (χ0) is 18.2. The largest absolute Gasteiger partial charge is 0.273 e. The number of nitrogens with one attached hydrogen (secondary N) is 1. The quantitative estimate of drug-likeness (QED) is 0.262. The highest BCUT2D eigenvalue weighted by molar-refractivity contribution is 5.86. The van der Waals surface area contributed by atoms with Gasteiger partial charge in [0, 0.05) is 6.42 Å². The summed E-state index contributed by atoms with van der Waals surface area (Å²) in [6, 6.07) is 10.1. The van der Waals surface area contributed by atoms with E-state index >= 15 is 0 Å². The van der Waals surface area contributed by atoms with Crippen LogP contribution in [-0.4, -0.2) is 12.1 Å². The molecular weight excluding hydrogens is 308 g/mol. The molecule has 0 radical (unpaired) electrons. The van der Waals surface area contributed by atoms with Crippen molar-refractivity contribution in [2.24, 2.45) is 5.10 Å². The summed E-state index contributed by atoms with van der Waals surface area (Å²) in [6.07, 6.45) is 15.7. The summed E-state index contributed by atoms with van der Waals surface area (Å²) in [4.78, 5) is 11.7. The predicted octanol–water partition coefficient (Wildman–Crippen LogP) is 6.11. The van der Waals surface area contributed by atoms with Gasteiger partial charge in [-0.15, -0.1) is 0 Å². The van der Waals surface area contributed by atoms with Gasteiger partial charge in [-0.05, 0) is 24.5 Å². The SMILES string of the molecule is CCCCCCCCCCCC(=O)N/N=C\C(C)=C/c1ccccc1. The minimum atomic E-state index is 0.00621. The van der Waals surface area contributed by atoms with Crippen LogP contribution < -0.4 is 5.43 Å². The van der Waals surface area contributed by atoms with Crippen molar-refractivity contribution in [2.45, 2.75) is 78.1 Å². The van der Waals surface area contributed by atoms with Crippen molar-refractivity contribution in [1.82, 2.24) is 5.43 Å². The van der Waals surface area contributed by atoms with E-state index < -0.39 is 0 Å². The standard InChI is InChI=1S/C22H34N2O/c1-3-4-5-6-7-8-9-10-14-17-22(25)24-23-19-20(2)18-21-15-12-11-13-16-21/h11-13,15-16,18-19H,3-10,14,17H2,1-2H3,(H,24,25)/b20-18-,23-19-. The lowest BCUT2D eigenvalue weighted by molar-refractivity contribution is -0.121. The van der Waals surface area contributed by atoms with Gasteiger partial charge in [-0.1, -0.05) is 94.7 Å². The van der Waals surface area contributed by atoms with Gasteiger partial charge >= 0.3 is 0 Å². The van der Waals surface area contributed by atoms with Crippen LogP contribution >= 0.6 is 0 Å². The monoisotopic (exact) mass is 342 g/mol. The van der Waals surface area contributed by atoms with E-state index in [1.807, 2.05) is 43.3 Å². The Morgan fingerprint density at radius 1 is 0.960 bits per heavy atom. The molecule has 0 saturated heterocycles. The van der Waals surface area contributed by atoms with E-state index in [0.717, 1.165) is 24.0 Å². The molecule has 1 amide bonds. The Morgan fingerprint density at radius 3 is 2.20 bits per heavy atom. The maximum atomic E-state index is 11.7. The summed E-state index contributed by atoms with van der Waals surface area (Å²) in [7, 11) is 0. The molecule has 0 aliphatic heterocycles. The maximum Gasteiger partial charge on any atom is 0.240 e. The topological polar surface area (TPSA) is 41.5 Å². The van der Waals surface area contributed by atoms with Crippen LogP contribution in [0.15, 0.2) is 41.0 Å². The molecule has 3 nitrogen and oxygen atoms in total. The summed E-state index contributed by atoms with van der Waals surface area (Å²) >= 11 is 0. The van der Waals surface area contributed by atoms with Gasteiger partial charge in [0.2, 0.25) is 5.91 Å². The number of rotatable bonds is 13. The normalized spacial score (nSPS) is 11.8. The smallest absolute Gasteiger partial charge is 0.240 e. The molecule has 1 aromatic carbocycles. The van der Waals surface area contributed by atoms with Gasteiger partial charge in [-0.3, -0.25) is 4.79 Å². The fourth-order valence-electron chi connectivity index (χ4n) is 2.71. The molecule has 0 fully saturated rings. The molecule has 0 unspecified atom stereocenters. The van der Waals surface area contributed by atoms with Crippen LogP contribution in [0.2, 0.25) is 0 Å². The third kappa shape index (κ3) is 12.2. The fourth-order valence-corrected chi connectivity index (χ4v) is 2.71. The van der Waals surface area contributed by atoms with Gasteiger partial charge in [0.1, 0.15) is 0 Å². The van der Waals surface area contributed by atoms with Crippen LogP contribution in [0.1, 0.15) is 83.6 Å². The zero-order valence-electron chi connectivity index (χ0n) is 16.0. The highest BCUT2D eigenvalue weighted by Gasteiger charge is 1.99. The second-order valence-corrected chi connectivity index (χ2v) is 6.67. The molecular formula is C22H34N2O. The van der Waals surface area contributed by atoms with Gasteiger partial charge in [-0.2, -0.15) is 5.10 Å². The summed E-state index contributed by atoms with van der Waals surface area (Å²) in [5.74, 6) is 0.00621. The Morgan fingerprint density at radius 2 is 1.56 bits per heavy atom. The van der Waals surface area contributed by atoms with E-state index in [4.69, 9.17) is 0 Å². The molecule has 0 aliphatic carbocycles. The number of hydrazone groups is 1. The molecule has 1 rings (SSSR count). The van der Waals surface area contributed by atoms with Crippen LogP contribution in [-0.2, 0) is 4.79 Å². The van der Waals surface area contributed by atoms with Crippen molar-refractivity contribution in [2.75, 3.05) is 0 Å². The number of allylic oxidation sites excluding steroid dienone is 1. The molecule has 1 aromatic rings. The first-order valence-corrected chi connectivity index (χ1v) is 9.77. The predicted molar refractivity (Wildman–Crippen MR) is 109 cm³/mol. The van der Waals surface area contributed by atoms with Gasteiger partial charge in [0.25, 0.3) is 0 Å². The highest BCUT2D eigenvalue weighted by Crippen LogP contribution is 2.10. The Bertz CT molecular complexity index is 520. The molecule has 0 saturated carbocycles. The summed E-state index contributed by atoms with van der Waals surface area (Å²) < 4.78 is 0. The van der Waals surface area contributed by atoms with Crippen molar-refractivity contribution in [3.63, 3.8) is 0 Å². The number of carbonyl (C=O) groups is 1. The van der Waals surface area contributed by atoms with Crippen LogP contribution in [0.5, 0.6) is 0 Å². The van der Waals surface area contributed by atoms with Gasteiger partial charge < -0.3 is 0 Å². The van der Waals surface area contributed by atoms with E-state index in [1.54, 1.807) is 6.21 Å². The van der Waals surface area contributed by atoms with E-state index in [9.17, 15) is 4.79 Å². The minimum Gasteiger partial charge on any atom is -0.273 e. The number of nitrogens with zero attached hydrogens (tertiary/aromatic N) is 1. The molecule has 3 heteroatoms. The number of amides is 1. The minimum absolute atomic E-state index is 0.00621. The van der Waals surface area contributed by atoms with Gasteiger partial charge in [0.05, 0.1) is 6.21 Å². The average molecular weight is 343 g/mol. The number of carbonyl (C=O) groups excluding carboxylic acids is 1. The number of hydrogen-bond donors (Lipinski definition) is 1. The molecule has 138 valence electrons. The summed E-state index contributed by atoms with van der Waals surface area (Å²) in [6.45, 7) is 4.22. The third-order valence-electron chi connectivity index (χ3n) is 4.16. The second kappa shape index (κ2) is 14.4. The van der Waals surface area contributed by atoms with Crippen LogP contribution in [0.25, 0.3) is 6.08 Å². The first-order chi connectivity index (χ1) is 12.2. The Kier molecular flexibility index (Phi) is 12.2. The van der Waals surface area contributed by atoms with E-state index in [1.165, 1.54) is 44.9 Å². The van der Waals surface area contributed by atoms with Crippen LogP contribution in [0, 0.1) is 0 Å². The van der Waals surface area contributed by atoms with E-state index in [-0.39, 0.29) is 5.91 Å². The molecule has 1 N–H and O–H groups in total. The molecule has 25 heavy (non-hydrogen) atoms. The lowest BCUT2D eigenvalue weighted by Crippen LogP contribution is -2.16. The lowest BCUT2D eigenvalue weighted by Gasteiger charge is -2.02. The fraction of sp³-hybridized carbons (Fsp3) is 0.545. The van der Waals surface area contributed by atoms with E-state index in [0.29, 0.717) is 6.42 Å². The molecule has 0 aromatic heterocycles. The Hall–Kier alpha value is -1.90. The first kappa shape index (κ1) is 21.1. The van der Waals surface area contributed by atoms with Crippen molar-refractivity contribution in [1.29, 1.82) is 0 Å². The van der Waals surface area contributed by atoms with Gasteiger partial charge in [0.15, 0.2) is 0 Å². The van der Waals surface area contributed by atoms with Crippen molar-refractivity contribution < 1.29 is 4.79 Å². The molecule has 0 atom stereocenters.